The average molecular weight is 373 g/mol. The molecule has 3 amide bonds. The number of imide groups is 1. The zero-order chi connectivity index (χ0) is 20.3. The van der Waals surface area contributed by atoms with Crippen molar-refractivity contribution in [2.24, 2.45) is 0 Å². The minimum absolute atomic E-state index is 0.0930. The molecule has 2 aromatic rings. The van der Waals surface area contributed by atoms with Gasteiger partial charge in [-0.2, -0.15) is 5.26 Å². The number of nitriles is 1. The summed E-state index contributed by atoms with van der Waals surface area (Å²) in [5.74, 6) is -1.17. The van der Waals surface area contributed by atoms with Gasteiger partial charge in [-0.1, -0.05) is 23.8 Å². The van der Waals surface area contributed by atoms with Crippen molar-refractivity contribution in [2.75, 3.05) is 11.4 Å². The molecule has 3 rings (SSSR count). The molecule has 0 spiro atoms. The third kappa shape index (κ3) is 3.55. The fourth-order valence-corrected chi connectivity index (χ4v) is 3.25. The Bertz CT molecular complexity index is 989. The quantitative estimate of drug-likeness (QED) is 0.596. The minimum Gasteiger partial charge on any atom is -0.322 e. The van der Waals surface area contributed by atoms with E-state index in [4.69, 9.17) is 5.26 Å². The highest BCUT2D eigenvalue weighted by Gasteiger charge is 2.44. The normalized spacial score (nSPS) is 16.0. The van der Waals surface area contributed by atoms with Crippen LogP contribution in [0.2, 0.25) is 0 Å². The van der Waals surface area contributed by atoms with Crippen LogP contribution in [0.25, 0.3) is 0 Å². The van der Waals surface area contributed by atoms with E-state index in [2.05, 4.69) is 6.58 Å². The molecular formula is C22H19N3O3. The van der Waals surface area contributed by atoms with Crippen LogP contribution in [0.1, 0.15) is 27.9 Å². The molecule has 1 atom stereocenters. The Morgan fingerprint density at radius 2 is 2.00 bits per heavy atom. The van der Waals surface area contributed by atoms with E-state index >= 15 is 0 Å². The molecule has 0 N–H and O–H groups in total. The highest BCUT2D eigenvalue weighted by molar-refractivity contribution is 6.23. The van der Waals surface area contributed by atoms with Crippen LogP contribution < -0.4 is 4.90 Å². The standard InChI is InChI=1S/C22H19N3O3/c1-3-11-24(21(27)17-6-4-5-15(2)12-17)19-13-20(26)25(22(19)28)18-9-7-16(14-23)8-10-18/h3-10,12,19H,1,11,13H2,2H3. The van der Waals surface area contributed by atoms with Crippen LogP contribution in [0, 0.1) is 18.3 Å². The van der Waals surface area contributed by atoms with Crippen LogP contribution in [-0.2, 0) is 9.59 Å². The Kier molecular flexibility index (Phi) is 5.37. The summed E-state index contributed by atoms with van der Waals surface area (Å²) < 4.78 is 0. The maximum atomic E-state index is 13.0. The van der Waals surface area contributed by atoms with Gasteiger partial charge in [0.15, 0.2) is 0 Å². The number of rotatable bonds is 5. The lowest BCUT2D eigenvalue weighted by Crippen LogP contribution is -2.45. The first-order chi connectivity index (χ1) is 13.5. The van der Waals surface area contributed by atoms with Crippen molar-refractivity contribution in [3.8, 4) is 6.07 Å². The van der Waals surface area contributed by atoms with Crippen LogP contribution in [0.5, 0.6) is 0 Å². The lowest BCUT2D eigenvalue weighted by Gasteiger charge is -2.26. The first-order valence-electron chi connectivity index (χ1n) is 8.81. The minimum atomic E-state index is -0.894. The Balaban J connectivity index is 1.90. The molecule has 1 aliphatic heterocycles. The maximum Gasteiger partial charge on any atom is 0.257 e. The van der Waals surface area contributed by atoms with E-state index < -0.39 is 11.9 Å². The van der Waals surface area contributed by atoms with Crippen LogP contribution in [-0.4, -0.2) is 35.2 Å². The highest BCUT2D eigenvalue weighted by atomic mass is 16.2. The second-order valence-corrected chi connectivity index (χ2v) is 6.56. The molecule has 6 heteroatoms. The van der Waals surface area contributed by atoms with Gasteiger partial charge in [0, 0.05) is 12.1 Å². The number of carbonyl (C=O) groups is 3. The lowest BCUT2D eigenvalue weighted by molar-refractivity contribution is -0.122. The number of hydrogen-bond donors (Lipinski definition) is 0. The number of nitrogens with zero attached hydrogens (tertiary/aromatic N) is 3. The molecule has 6 nitrogen and oxygen atoms in total. The van der Waals surface area contributed by atoms with Gasteiger partial charge < -0.3 is 4.90 Å². The molecule has 2 aromatic carbocycles. The van der Waals surface area contributed by atoms with Crippen molar-refractivity contribution in [2.45, 2.75) is 19.4 Å². The SMILES string of the molecule is C=CCN(C(=O)c1cccc(C)c1)C1CC(=O)N(c2ccc(C#N)cc2)C1=O. The molecular weight excluding hydrogens is 354 g/mol. The summed E-state index contributed by atoms with van der Waals surface area (Å²) in [5, 5.41) is 8.91. The van der Waals surface area contributed by atoms with Crippen molar-refractivity contribution >= 4 is 23.4 Å². The number of aryl methyl sites for hydroxylation is 1. The monoisotopic (exact) mass is 373 g/mol. The molecule has 1 saturated heterocycles. The zero-order valence-electron chi connectivity index (χ0n) is 15.5. The Hall–Kier alpha value is -3.72. The predicted molar refractivity (Wildman–Crippen MR) is 104 cm³/mol. The van der Waals surface area contributed by atoms with E-state index in [1.807, 2.05) is 19.1 Å². The van der Waals surface area contributed by atoms with E-state index in [1.54, 1.807) is 42.5 Å². The number of hydrogen-bond acceptors (Lipinski definition) is 4. The Morgan fingerprint density at radius 1 is 1.29 bits per heavy atom. The van der Waals surface area contributed by atoms with Gasteiger partial charge in [-0.15, -0.1) is 6.58 Å². The van der Waals surface area contributed by atoms with Gasteiger partial charge in [0.2, 0.25) is 5.91 Å². The van der Waals surface area contributed by atoms with Gasteiger partial charge in [-0.05, 0) is 43.3 Å². The van der Waals surface area contributed by atoms with Crippen LogP contribution in [0.3, 0.4) is 0 Å². The van der Waals surface area contributed by atoms with Crippen molar-refractivity contribution in [1.82, 2.24) is 4.90 Å². The summed E-state index contributed by atoms with van der Waals surface area (Å²) in [4.78, 5) is 41.0. The van der Waals surface area contributed by atoms with E-state index in [0.29, 0.717) is 16.8 Å². The predicted octanol–water partition coefficient (Wildman–Crippen LogP) is 2.83. The third-order valence-electron chi connectivity index (χ3n) is 4.61. The van der Waals surface area contributed by atoms with Crippen LogP contribution >= 0.6 is 0 Å². The fourth-order valence-electron chi connectivity index (χ4n) is 3.25. The van der Waals surface area contributed by atoms with Crippen molar-refractivity contribution in [3.05, 3.63) is 77.9 Å². The highest BCUT2D eigenvalue weighted by Crippen LogP contribution is 2.27. The average Bonchev–Trinajstić information content (AvgIpc) is 2.99. The molecule has 140 valence electrons. The van der Waals surface area contributed by atoms with Gasteiger partial charge >= 0.3 is 0 Å². The van der Waals surface area contributed by atoms with Crippen molar-refractivity contribution in [1.29, 1.82) is 5.26 Å². The molecule has 0 aliphatic carbocycles. The van der Waals surface area contributed by atoms with E-state index in [9.17, 15) is 14.4 Å². The summed E-state index contributed by atoms with van der Waals surface area (Å²) in [6.45, 7) is 5.70. The molecule has 1 aliphatic rings. The van der Waals surface area contributed by atoms with E-state index in [0.717, 1.165) is 10.5 Å². The third-order valence-corrected chi connectivity index (χ3v) is 4.61. The second-order valence-electron chi connectivity index (χ2n) is 6.56. The number of amides is 3. The molecule has 0 aromatic heterocycles. The summed E-state index contributed by atoms with van der Waals surface area (Å²) in [7, 11) is 0. The number of benzene rings is 2. The van der Waals surface area contributed by atoms with Crippen molar-refractivity contribution < 1.29 is 14.4 Å². The summed E-state index contributed by atoms with van der Waals surface area (Å²) in [6.07, 6.45) is 1.44. The summed E-state index contributed by atoms with van der Waals surface area (Å²) in [5.41, 5.74) is 2.21. The largest absolute Gasteiger partial charge is 0.322 e. The fraction of sp³-hybridized carbons (Fsp3) is 0.182. The van der Waals surface area contributed by atoms with Crippen molar-refractivity contribution in [3.63, 3.8) is 0 Å². The zero-order valence-corrected chi connectivity index (χ0v) is 15.5. The molecule has 0 saturated carbocycles. The van der Waals surface area contributed by atoms with Crippen LogP contribution in [0.4, 0.5) is 5.69 Å². The van der Waals surface area contributed by atoms with Gasteiger partial charge in [0.25, 0.3) is 11.8 Å². The Labute approximate surface area is 163 Å². The molecule has 1 unspecified atom stereocenters. The lowest BCUT2D eigenvalue weighted by atomic mass is 10.1. The first kappa shape index (κ1) is 19.1. The summed E-state index contributed by atoms with van der Waals surface area (Å²) >= 11 is 0. The second kappa shape index (κ2) is 7.89. The topological polar surface area (TPSA) is 81.5 Å². The summed E-state index contributed by atoms with van der Waals surface area (Å²) in [6, 6.07) is 14.4. The number of carbonyl (C=O) groups excluding carboxylic acids is 3. The molecule has 1 fully saturated rings. The van der Waals surface area contributed by atoms with Gasteiger partial charge in [-0.3, -0.25) is 14.4 Å². The Morgan fingerprint density at radius 3 is 2.61 bits per heavy atom. The molecule has 28 heavy (non-hydrogen) atoms. The molecule has 0 bridgehead atoms. The smallest absolute Gasteiger partial charge is 0.257 e. The van der Waals surface area contributed by atoms with E-state index in [1.165, 1.54) is 11.0 Å². The molecule has 1 heterocycles. The van der Waals surface area contributed by atoms with Gasteiger partial charge in [0.05, 0.1) is 23.7 Å². The maximum absolute atomic E-state index is 13.0. The van der Waals surface area contributed by atoms with Gasteiger partial charge in [0.1, 0.15) is 6.04 Å². The first-order valence-corrected chi connectivity index (χ1v) is 8.81. The van der Waals surface area contributed by atoms with Crippen LogP contribution in [0.15, 0.2) is 61.2 Å². The molecule has 0 radical (unpaired) electrons. The van der Waals surface area contributed by atoms with E-state index in [-0.39, 0.29) is 24.8 Å². The van der Waals surface area contributed by atoms with Gasteiger partial charge in [-0.25, -0.2) is 4.90 Å². The number of anilines is 1.